The molecule has 1 aromatic rings. The molecule has 0 aliphatic carbocycles. The summed E-state index contributed by atoms with van der Waals surface area (Å²) in [6.07, 6.45) is 1.96. The predicted molar refractivity (Wildman–Crippen MR) is 74.3 cm³/mol. The summed E-state index contributed by atoms with van der Waals surface area (Å²) in [5.41, 5.74) is 1.08. The van der Waals surface area contributed by atoms with Crippen LogP contribution in [0.15, 0.2) is 24.3 Å². The Morgan fingerprint density at radius 2 is 1.89 bits per heavy atom. The normalized spacial score (nSPS) is 11.5. The first-order chi connectivity index (χ1) is 9.06. The molecule has 0 saturated heterocycles. The Bertz CT molecular complexity index is 429. The second kappa shape index (κ2) is 7.41. The van der Waals surface area contributed by atoms with Crippen LogP contribution in [-0.2, 0) is 4.74 Å². The maximum absolute atomic E-state index is 11.7. The maximum atomic E-state index is 11.7. The topological polar surface area (TPSA) is 67.4 Å². The molecule has 1 atom stereocenters. The number of hydrogen-bond donors (Lipinski definition) is 2. The molecule has 0 aromatic heterocycles. The van der Waals surface area contributed by atoms with Gasteiger partial charge in [-0.25, -0.2) is 9.59 Å². The zero-order valence-electron chi connectivity index (χ0n) is 11.5. The smallest absolute Gasteiger partial charge is 0.337 e. The van der Waals surface area contributed by atoms with E-state index in [1.807, 2.05) is 6.92 Å². The first-order valence-corrected chi connectivity index (χ1v) is 6.32. The van der Waals surface area contributed by atoms with Gasteiger partial charge in [-0.2, -0.15) is 0 Å². The first kappa shape index (κ1) is 15.0. The standard InChI is InChI=1S/C14H20N2O3/c1-4-5-10(2)15-14(18)16-12-8-6-11(7-9-12)13(17)19-3/h6-10H,4-5H2,1-3H3,(H2,15,16,18). The van der Waals surface area contributed by atoms with Gasteiger partial charge < -0.3 is 15.4 Å². The maximum Gasteiger partial charge on any atom is 0.337 e. The highest BCUT2D eigenvalue weighted by molar-refractivity contribution is 5.92. The van der Waals surface area contributed by atoms with Crippen LogP contribution in [0.4, 0.5) is 10.5 Å². The van der Waals surface area contributed by atoms with E-state index < -0.39 is 5.97 Å². The summed E-state index contributed by atoms with van der Waals surface area (Å²) in [6, 6.07) is 6.44. The fraction of sp³-hybridized carbons (Fsp3) is 0.429. The summed E-state index contributed by atoms with van der Waals surface area (Å²) in [7, 11) is 1.33. The van der Waals surface area contributed by atoms with Gasteiger partial charge in [-0.15, -0.1) is 0 Å². The van der Waals surface area contributed by atoms with Crippen LogP contribution in [0, 0.1) is 0 Å². The highest BCUT2D eigenvalue weighted by atomic mass is 16.5. The summed E-state index contributed by atoms with van der Waals surface area (Å²) in [4.78, 5) is 22.9. The number of methoxy groups -OCH3 is 1. The van der Waals surface area contributed by atoms with E-state index in [1.165, 1.54) is 7.11 Å². The van der Waals surface area contributed by atoms with Crippen LogP contribution in [0.2, 0.25) is 0 Å². The van der Waals surface area contributed by atoms with Crippen molar-refractivity contribution < 1.29 is 14.3 Å². The number of carbonyl (C=O) groups is 2. The van der Waals surface area contributed by atoms with E-state index in [0.29, 0.717) is 11.3 Å². The van der Waals surface area contributed by atoms with Crippen LogP contribution in [0.5, 0.6) is 0 Å². The Labute approximate surface area is 113 Å². The molecule has 0 heterocycles. The average molecular weight is 264 g/mol. The van der Waals surface area contributed by atoms with Crippen LogP contribution in [-0.4, -0.2) is 25.2 Å². The lowest BCUT2D eigenvalue weighted by Gasteiger charge is -2.13. The highest BCUT2D eigenvalue weighted by Crippen LogP contribution is 2.10. The molecule has 19 heavy (non-hydrogen) atoms. The fourth-order valence-corrected chi connectivity index (χ4v) is 1.70. The van der Waals surface area contributed by atoms with E-state index in [1.54, 1.807) is 24.3 Å². The molecular formula is C14H20N2O3. The Kier molecular flexibility index (Phi) is 5.85. The Morgan fingerprint density at radius 1 is 1.26 bits per heavy atom. The number of amides is 2. The van der Waals surface area contributed by atoms with Crippen molar-refractivity contribution in [3.8, 4) is 0 Å². The van der Waals surface area contributed by atoms with Crippen molar-refractivity contribution in [2.24, 2.45) is 0 Å². The van der Waals surface area contributed by atoms with E-state index in [-0.39, 0.29) is 12.1 Å². The summed E-state index contributed by atoms with van der Waals surface area (Å²) in [6.45, 7) is 4.03. The van der Waals surface area contributed by atoms with Crippen molar-refractivity contribution in [2.75, 3.05) is 12.4 Å². The first-order valence-electron chi connectivity index (χ1n) is 6.32. The van der Waals surface area contributed by atoms with Crippen molar-refractivity contribution in [1.29, 1.82) is 0 Å². The van der Waals surface area contributed by atoms with Gasteiger partial charge in [0.25, 0.3) is 0 Å². The molecule has 5 nitrogen and oxygen atoms in total. The second-order valence-corrected chi connectivity index (χ2v) is 4.36. The van der Waals surface area contributed by atoms with Crippen LogP contribution in [0.3, 0.4) is 0 Å². The number of nitrogens with one attached hydrogen (secondary N) is 2. The second-order valence-electron chi connectivity index (χ2n) is 4.36. The predicted octanol–water partition coefficient (Wildman–Crippen LogP) is 2.78. The lowest BCUT2D eigenvalue weighted by atomic mass is 10.2. The quantitative estimate of drug-likeness (QED) is 0.803. The Hall–Kier alpha value is -2.04. The molecule has 0 aliphatic rings. The van der Waals surface area contributed by atoms with Crippen molar-refractivity contribution in [1.82, 2.24) is 5.32 Å². The SMILES string of the molecule is CCCC(C)NC(=O)Nc1ccc(C(=O)OC)cc1. The number of rotatable bonds is 5. The van der Waals surface area contributed by atoms with Crippen molar-refractivity contribution in [2.45, 2.75) is 32.7 Å². The van der Waals surface area contributed by atoms with Gasteiger partial charge in [0.2, 0.25) is 0 Å². The van der Waals surface area contributed by atoms with E-state index in [2.05, 4.69) is 22.3 Å². The minimum absolute atomic E-state index is 0.138. The van der Waals surface area contributed by atoms with E-state index in [4.69, 9.17) is 0 Å². The Morgan fingerprint density at radius 3 is 2.42 bits per heavy atom. The monoisotopic (exact) mass is 264 g/mol. The number of hydrogen-bond acceptors (Lipinski definition) is 3. The molecular weight excluding hydrogens is 244 g/mol. The van der Waals surface area contributed by atoms with Gasteiger partial charge in [0.1, 0.15) is 0 Å². The molecule has 5 heteroatoms. The molecule has 0 radical (unpaired) electrons. The number of anilines is 1. The summed E-state index contributed by atoms with van der Waals surface area (Å²) in [5.74, 6) is -0.396. The number of benzene rings is 1. The van der Waals surface area contributed by atoms with Gasteiger partial charge in [-0.1, -0.05) is 13.3 Å². The van der Waals surface area contributed by atoms with Gasteiger partial charge in [0, 0.05) is 11.7 Å². The van der Waals surface area contributed by atoms with Gasteiger partial charge in [0.15, 0.2) is 0 Å². The molecule has 2 amide bonds. The number of ether oxygens (including phenoxy) is 1. The molecule has 0 saturated carbocycles. The number of carbonyl (C=O) groups excluding carboxylic acids is 2. The van der Waals surface area contributed by atoms with E-state index in [9.17, 15) is 9.59 Å². The lowest BCUT2D eigenvalue weighted by molar-refractivity contribution is 0.0601. The van der Waals surface area contributed by atoms with E-state index >= 15 is 0 Å². The minimum Gasteiger partial charge on any atom is -0.465 e. The molecule has 104 valence electrons. The zero-order chi connectivity index (χ0) is 14.3. The summed E-state index contributed by atoms with van der Waals surface area (Å²) < 4.78 is 4.60. The fourth-order valence-electron chi connectivity index (χ4n) is 1.70. The molecule has 1 rings (SSSR count). The van der Waals surface area contributed by atoms with Crippen LogP contribution in [0.1, 0.15) is 37.0 Å². The highest BCUT2D eigenvalue weighted by Gasteiger charge is 2.08. The zero-order valence-corrected chi connectivity index (χ0v) is 11.5. The molecule has 0 aliphatic heterocycles. The molecule has 2 N–H and O–H groups in total. The number of esters is 1. The van der Waals surface area contributed by atoms with Crippen LogP contribution < -0.4 is 10.6 Å². The van der Waals surface area contributed by atoms with E-state index in [0.717, 1.165) is 12.8 Å². The average Bonchev–Trinajstić information content (AvgIpc) is 2.38. The van der Waals surface area contributed by atoms with Crippen molar-refractivity contribution >= 4 is 17.7 Å². The molecule has 1 unspecified atom stereocenters. The molecule has 0 bridgehead atoms. The minimum atomic E-state index is -0.396. The Balaban J connectivity index is 2.53. The lowest BCUT2D eigenvalue weighted by Crippen LogP contribution is -2.35. The van der Waals surface area contributed by atoms with Gasteiger partial charge in [0.05, 0.1) is 12.7 Å². The molecule has 1 aromatic carbocycles. The molecule has 0 fully saturated rings. The third-order valence-corrected chi connectivity index (χ3v) is 2.66. The summed E-state index contributed by atoms with van der Waals surface area (Å²) >= 11 is 0. The van der Waals surface area contributed by atoms with Crippen LogP contribution >= 0.6 is 0 Å². The van der Waals surface area contributed by atoms with Crippen molar-refractivity contribution in [3.63, 3.8) is 0 Å². The summed E-state index contributed by atoms with van der Waals surface area (Å²) in [5, 5.41) is 5.55. The largest absolute Gasteiger partial charge is 0.465 e. The van der Waals surface area contributed by atoms with Gasteiger partial charge in [-0.3, -0.25) is 0 Å². The van der Waals surface area contributed by atoms with Gasteiger partial charge in [-0.05, 0) is 37.6 Å². The van der Waals surface area contributed by atoms with Crippen molar-refractivity contribution in [3.05, 3.63) is 29.8 Å². The van der Waals surface area contributed by atoms with Gasteiger partial charge >= 0.3 is 12.0 Å². The third kappa shape index (κ3) is 4.99. The molecule has 0 spiro atoms. The van der Waals surface area contributed by atoms with Crippen LogP contribution in [0.25, 0.3) is 0 Å². The number of urea groups is 1. The third-order valence-electron chi connectivity index (χ3n) is 2.66.